The molecule has 1 fully saturated rings. The highest BCUT2D eigenvalue weighted by atomic mass is 32.2. The van der Waals surface area contributed by atoms with Crippen molar-refractivity contribution >= 4 is 29.3 Å². The fourth-order valence-corrected chi connectivity index (χ4v) is 3.54. The van der Waals surface area contributed by atoms with Gasteiger partial charge in [0.2, 0.25) is 5.91 Å². The van der Waals surface area contributed by atoms with Crippen LogP contribution in [0.15, 0.2) is 23.1 Å². The van der Waals surface area contributed by atoms with Crippen LogP contribution in [-0.4, -0.2) is 36.9 Å². The lowest BCUT2D eigenvalue weighted by Gasteiger charge is -2.37. The summed E-state index contributed by atoms with van der Waals surface area (Å²) in [5, 5.41) is 1.70. The molecule has 3 rings (SSSR count). The van der Waals surface area contributed by atoms with Crippen molar-refractivity contribution in [2.24, 2.45) is 5.41 Å². The molecule has 2 aliphatic rings. The van der Waals surface area contributed by atoms with Gasteiger partial charge in [-0.1, -0.05) is 6.92 Å². The Labute approximate surface area is 146 Å². The van der Waals surface area contributed by atoms with E-state index in [1.54, 1.807) is 0 Å². The summed E-state index contributed by atoms with van der Waals surface area (Å²) in [6.07, 6.45) is -4.62. The van der Waals surface area contributed by atoms with Gasteiger partial charge < -0.3 is 14.8 Å². The molecule has 9 heteroatoms. The van der Waals surface area contributed by atoms with Crippen molar-refractivity contribution in [3.05, 3.63) is 23.8 Å². The summed E-state index contributed by atoms with van der Waals surface area (Å²) in [5.41, 5.74) is -0.910. The zero-order valence-electron chi connectivity index (χ0n) is 13.3. The highest BCUT2D eigenvalue weighted by molar-refractivity contribution is 8.01. The van der Waals surface area contributed by atoms with Crippen molar-refractivity contribution in [3.63, 3.8) is 0 Å². The number of ether oxygens (including phenoxy) is 2. The average molecular weight is 375 g/mol. The number of carbonyl (C=O) groups is 2. The van der Waals surface area contributed by atoms with Crippen LogP contribution in [0, 0.1) is 5.41 Å². The number of anilines is 1. The molecular formula is C16H16F3NO4S. The number of nitrogens with one attached hydrogen (secondary N) is 1. The van der Waals surface area contributed by atoms with Crippen molar-refractivity contribution in [1.29, 1.82) is 0 Å². The third kappa shape index (κ3) is 4.09. The van der Waals surface area contributed by atoms with Crippen molar-refractivity contribution in [3.8, 4) is 0 Å². The molecule has 5 nitrogen and oxygen atoms in total. The quantitative estimate of drug-likeness (QED) is 0.820. The number of halogens is 3. The summed E-state index contributed by atoms with van der Waals surface area (Å²) < 4.78 is 48.4. The molecule has 1 aromatic carbocycles. The van der Waals surface area contributed by atoms with Crippen LogP contribution in [0.5, 0.6) is 0 Å². The van der Waals surface area contributed by atoms with Gasteiger partial charge in [0.1, 0.15) is 6.61 Å². The van der Waals surface area contributed by atoms with Gasteiger partial charge in [-0.25, -0.2) is 0 Å². The second-order valence-corrected chi connectivity index (χ2v) is 7.72. The molecule has 0 aromatic heterocycles. The smallest absolute Gasteiger partial charge is 0.416 e. The Morgan fingerprint density at radius 1 is 1.44 bits per heavy atom. The first-order chi connectivity index (χ1) is 11.7. The third-order valence-electron chi connectivity index (χ3n) is 3.96. The van der Waals surface area contributed by atoms with Crippen LogP contribution in [0.25, 0.3) is 0 Å². The summed E-state index contributed by atoms with van der Waals surface area (Å²) >= 11 is 1.06. The van der Waals surface area contributed by atoms with E-state index in [-0.39, 0.29) is 24.1 Å². The van der Waals surface area contributed by atoms with Crippen LogP contribution in [0.4, 0.5) is 18.9 Å². The SMILES string of the molecule is CC1(COC(=O)CC2Sc3ccc(C(F)(F)F)cc3NC2=O)COC1. The highest BCUT2D eigenvalue weighted by Crippen LogP contribution is 2.40. The maximum absolute atomic E-state index is 12.7. The zero-order chi connectivity index (χ0) is 18.2. The van der Waals surface area contributed by atoms with Crippen LogP contribution < -0.4 is 5.32 Å². The lowest BCUT2D eigenvalue weighted by atomic mass is 9.90. The second-order valence-electron chi connectivity index (χ2n) is 6.47. The molecule has 25 heavy (non-hydrogen) atoms. The van der Waals surface area contributed by atoms with E-state index >= 15 is 0 Å². The molecule has 0 spiro atoms. The molecule has 2 heterocycles. The first-order valence-corrected chi connectivity index (χ1v) is 8.46. The normalized spacial score (nSPS) is 21.8. The van der Waals surface area contributed by atoms with Gasteiger partial charge in [-0.3, -0.25) is 9.59 Å². The van der Waals surface area contributed by atoms with Crippen molar-refractivity contribution in [2.45, 2.75) is 29.7 Å². The number of amides is 1. The molecule has 1 amide bonds. The molecule has 1 aromatic rings. The standard InChI is InChI=1S/C16H16F3NO4S/c1-15(6-23-7-15)8-24-13(21)5-12-14(22)20-10-4-9(16(17,18)19)2-3-11(10)25-12/h2-4,12H,5-8H2,1H3,(H,20,22). The molecule has 0 bridgehead atoms. The van der Waals surface area contributed by atoms with E-state index in [1.165, 1.54) is 6.07 Å². The number of esters is 1. The fraction of sp³-hybridized carbons (Fsp3) is 0.500. The number of hydrogen-bond donors (Lipinski definition) is 1. The average Bonchev–Trinajstić information content (AvgIpc) is 2.50. The molecule has 2 aliphatic heterocycles. The number of fused-ring (bicyclic) bond motifs is 1. The van der Waals surface area contributed by atoms with Crippen LogP contribution in [0.3, 0.4) is 0 Å². The number of alkyl halides is 3. The summed E-state index contributed by atoms with van der Waals surface area (Å²) in [6.45, 7) is 3.19. The lowest BCUT2D eigenvalue weighted by molar-refractivity contribution is -0.165. The molecular weight excluding hydrogens is 359 g/mol. The van der Waals surface area contributed by atoms with Crippen LogP contribution in [0.2, 0.25) is 0 Å². The summed E-state index contributed by atoms with van der Waals surface area (Å²) in [6, 6.07) is 3.15. The Morgan fingerprint density at radius 3 is 2.76 bits per heavy atom. The number of rotatable bonds is 4. The van der Waals surface area contributed by atoms with Crippen molar-refractivity contribution < 1.29 is 32.2 Å². The highest BCUT2D eigenvalue weighted by Gasteiger charge is 2.37. The van der Waals surface area contributed by atoms with Crippen LogP contribution in [0.1, 0.15) is 18.9 Å². The lowest BCUT2D eigenvalue weighted by Crippen LogP contribution is -2.44. The first kappa shape index (κ1) is 18.1. The monoisotopic (exact) mass is 375 g/mol. The third-order valence-corrected chi connectivity index (χ3v) is 5.24. The fourth-order valence-electron chi connectivity index (χ4n) is 2.46. The molecule has 1 unspecified atom stereocenters. The van der Waals surface area contributed by atoms with E-state index < -0.39 is 28.9 Å². The van der Waals surface area contributed by atoms with Crippen molar-refractivity contribution in [1.82, 2.24) is 0 Å². The molecule has 136 valence electrons. The Hall–Kier alpha value is -1.74. The predicted octanol–water partition coefficient (Wildman–Crippen LogP) is 3.09. The zero-order valence-corrected chi connectivity index (χ0v) is 14.1. The molecule has 0 radical (unpaired) electrons. The molecule has 1 saturated heterocycles. The van der Waals surface area contributed by atoms with Gasteiger partial charge in [0, 0.05) is 10.3 Å². The number of carbonyl (C=O) groups excluding carboxylic acids is 2. The van der Waals surface area contributed by atoms with Crippen LogP contribution >= 0.6 is 11.8 Å². The van der Waals surface area contributed by atoms with Gasteiger partial charge in [0.05, 0.1) is 36.1 Å². The largest absolute Gasteiger partial charge is 0.465 e. The van der Waals surface area contributed by atoms with Gasteiger partial charge in [0.15, 0.2) is 0 Å². The van der Waals surface area contributed by atoms with Gasteiger partial charge in [-0.2, -0.15) is 13.2 Å². The summed E-state index contributed by atoms with van der Waals surface area (Å²) in [5.74, 6) is -1.02. The topological polar surface area (TPSA) is 64.6 Å². The molecule has 0 saturated carbocycles. The Bertz CT molecular complexity index is 703. The Balaban J connectivity index is 1.61. The molecule has 1 N–H and O–H groups in total. The molecule has 1 atom stereocenters. The minimum Gasteiger partial charge on any atom is -0.465 e. The van der Waals surface area contributed by atoms with Gasteiger partial charge in [-0.15, -0.1) is 11.8 Å². The second kappa shape index (κ2) is 6.53. The minimum atomic E-state index is -4.48. The maximum Gasteiger partial charge on any atom is 0.416 e. The van der Waals surface area contributed by atoms with E-state index in [0.717, 1.165) is 23.9 Å². The summed E-state index contributed by atoms with van der Waals surface area (Å²) in [7, 11) is 0. The van der Waals surface area contributed by atoms with E-state index in [2.05, 4.69) is 5.32 Å². The van der Waals surface area contributed by atoms with Gasteiger partial charge in [-0.05, 0) is 18.2 Å². The number of hydrogen-bond acceptors (Lipinski definition) is 5. The van der Waals surface area contributed by atoms with Gasteiger partial charge >= 0.3 is 12.1 Å². The van der Waals surface area contributed by atoms with Crippen LogP contribution in [-0.2, 0) is 25.2 Å². The van der Waals surface area contributed by atoms with E-state index in [0.29, 0.717) is 18.1 Å². The first-order valence-electron chi connectivity index (χ1n) is 7.58. The summed E-state index contributed by atoms with van der Waals surface area (Å²) in [4.78, 5) is 24.5. The molecule has 0 aliphatic carbocycles. The van der Waals surface area contributed by atoms with E-state index in [4.69, 9.17) is 9.47 Å². The van der Waals surface area contributed by atoms with E-state index in [1.807, 2.05) is 6.92 Å². The minimum absolute atomic E-state index is 0.105. The predicted molar refractivity (Wildman–Crippen MR) is 84.2 cm³/mol. The van der Waals surface area contributed by atoms with Gasteiger partial charge in [0.25, 0.3) is 0 Å². The number of thioether (sulfide) groups is 1. The maximum atomic E-state index is 12.7. The number of benzene rings is 1. The Morgan fingerprint density at radius 2 is 2.16 bits per heavy atom. The van der Waals surface area contributed by atoms with Crippen molar-refractivity contribution in [2.75, 3.05) is 25.1 Å². The Kier molecular flexibility index (Phi) is 4.72. The van der Waals surface area contributed by atoms with E-state index in [9.17, 15) is 22.8 Å².